The van der Waals surface area contributed by atoms with Crippen molar-refractivity contribution in [2.75, 3.05) is 7.11 Å². The third-order valence-electron chi connectivity index (χ3n) is 5.28. The van der Waals surface area contributed by atoms with Crippen molar-refractivity contribution in [2.24, 2.45) is 0 Å². The summed E-state index contributed by atoms with van der Waals surface area (Å²) in [5.41, 5.74) is 5.04. The zero-order valence-electron chi connectivity index (χ0n) is 15.5. The van der Waals surface area contributed by atoms with Gasteiger partial charge in [-0.05, 0) is 17.7 Å². The van der Waals surface area contributed by atoms with Crippen molar-refractivity contribution in [3.05, 3.63) is 77.6 Å². The number of carbonyl (C=O) groups excluding carboxylic acids is 1. The third kappa shape index (κ3) is 2.65. The molecule has 0 amide bonds. The molecule has 4 aromatic rings. The van der Waals surface area contributed by atoms with Gasteiger partial charge in [-0.1, -0.05) is 30.3 Å². The molecule has 0 bridgehead atoms. The number of ketones is 1. The molecular weight excluding hydrogens is 354 g/mol. The van der Waals surface area contributed by atoms with E-state index in [1.807, 2.05) is 47.0 Å². The molecule has 0 aliphatic heterocycles. The quantitative estimate of drug-likeness (QED) is 0.540. The summed E-state index contributed by atoms with van der Waals surface area (Å²) in [5.74, 6) is 0.912. The number of furan rings is 1. The second-order valence-corrected chi connectivity index (χ2v) is 7.02. The molecule has 5 rings (SSSR count). The summed E-state index contributed by atoms with van der Waals surface area (Å²) in [4.78, 5) is 17.4. The molecule has 1 aliphatic rings. The minimum Gasteiger partial charge on any atom is -0.469 e. The molecule has 0 fully saturated rings. The predicted octanol–water partition coefficient (Wildman–Crippen LogP) is 4.05. The van der Waals surface area contributed by atoms with E-state index in [4.69, 9.17) is 14.3 Å². The average molecular weight is 373 g/mol. The Kier molecular flexibility index (Phi) is 4.06. The van der Waals surface area contributed by atoms with E-state index in [1.54, 1.807) is 19.6 Å². The first-order chi connectivity index (χ1) is 13.8. The number of hydrogen-bond acceptors (Lipinski definition) is 5. The molecule has 6 heteroatoms. The number of nitrogens with zero attached hydrogens (tertiary/aromatic N) is 3. The van der Waals surface area contributed by atoms with Crippen LogP contribution in [0.5, 0.6) is 0 Å². The first-order valence-electron chi connectivity index (χ1n) is 9.26. The fourth-order valence-corrected chi connectivity index (χ4v) is 4.01. The van der Waals surface area contributed by atoms with Crippen molar-refractivity contribution >= 4 is 11.4 Å². The van der Waals surface area contributed by atoms with Crippen LogP contribution in [0.3, 0.4) is 0 Å². The number of ether oxygens (including phenoxy) is 1. The van der Waals surface area contributed by atoms with Gasteiger partial charge < -0.3 is 9.15 Å². The van der Waals surface area contributed by atoms with Gasteiger partial charge in [0.25, 0.3) is 0 Å². The van der Waals surface area contributed by atoms with Crippen molar-refractivity contribution in [2.45, 2.75) is 25.4 Å². The van der Waals surface area contributed by atoms with Crippen molar-refractivity contribution in [3.63, 3.8) is 0 Å². The summed E-state index contributed by atoms with van der Waals surface area (Å²) >= 11 is 0. The Balaban J connectivity index is 1.71. The highest BCUT2D eigenvalue weighted by Crippen LogP contribution is 2.35. The van der Waals surface area contributed by atoms with Crippen LogP contribution in [-0.2, 0) is 17.8 Å². The number of hydrogen-bond donors (Lipinski definition) is 0. The molecule has 140 valence electrons. The molecule has 0 N–H and O–H groups in total. The van der Waals surface area contributed by atoms with Gasteiger partial charge in [-0.25, -0.2) is 9.50 Å². The van der Waals surface area contributed by atoms with Gasteiger partial charge in [-0.15, -0.1) is 0 Å². The normalized spacial score (nSPS) is 16.5. The van der Waals surface area contributed by atoms with Crippen LogP contribution in [0.2, 0.25) is 0 Å². The van der Waals surface area contributed by atoms with Gasteiger partial charge in [0, 0.05) is 32.1 Å². The van der Waals surface area contributed by atoms with Gasteiger partial charge in [0.2, 0.25) is 0 Å². The van der Waals surface area contributed by atoms with Crippen LogP contribution in [-0.4, -0.2) is 27.5 Å². The van der Waals surface area contributed by atoms with E-state index in [9.17, 15) is 4.79 Å². The van der Waals surface area contributed by atoms with Gasteiger partial charge in [-0.3, -0.25) is 4.79 Å². The standard InChI is InChI=1S/C22H19N3O3/c1-27-13-17-21(14-6-3-2-4-7-14)22-23-12-16-18(25(22)24-17)10-15(11-19(16)26)20-8-5-9-28-20/h2-9,12,15H,10-11,13H2,1H3/t15-/m0/s1. The van der Waals surface area contributed by atoms with E-state index in [2.05, 4.69) is 4.98 Å². The maximum absolute atomic E-state index is 12.8. The molecule has 0 saturated heterocycles. The molecule has 1 aromatic carbocycles. The maximum atomic E-state index is 12.8. The zero-order chi connectivity index (χ0) is 19.1. The molecule has 3 aromatic heterocycles. The van der Waals surface area contributed by atoms with E-state index in [0.717, 1.165) is 33.9 Å². The van der Waals surface area contributed by atoms with Gasteiger partial charge in [0.05, 0.1) is 35.4 Å². The summed E-state index contributed by atoms with van der Waals surface area (Å²) in [6, 6.07) is 13.8. The minimum atomic E-state index is 0.0100. The van der Waals surface area contributed by atoms with Crippen LogP contribution in [0, 0.1) is 0 Å². The fraction of sp³-hybridized carbons (Fsp3) is 0.227. The highest BCUT2D eigenvalue weighted by molar-refractivity contribution is 5.99. The largest absolute Gasteiger partial charge is 0.469 e. The second-order valence-electron chi connectivity index (χ2n) is 7.02. The summed E-state index contributed by atoms with van der Waals surface area (Å²) in [5, 5.41) is 4.79. The van der Waals surface area contributed by atoms with E-state index < -0.39 is 0 Å². The Morgan fingerprint density at radius 3 is 2.79 bits per heavy atom. The van der Waals surface area contributed by atoms with Crippen LogP contribution in [0.15, 0.2) is 59.3 Å². The van der Waals surface area contributed by atoms with E-state index in [1.165, 1.54) is 0 Å². The molecule has 6 nitrogen and oxygen atoms in total. The molecule has 0 saturated carbocycles. The van der Waals surface area contributed by atoms with Crippen LogP contribution >= 0.6 is 0 Å². The Hall–Kier alpha value is -3.25. The molecule has 1 atom stereocenters. The summed E-state index contributed by atoms with van der Waals surface area (Å²) in [6.07, 6.45) is 4.44. The molecule has 0 radical (unpaired) electrons. The molecule has 3 heterocycles. The monoisotopic (exact) mass is 373 g/mol. The van der Waals surface area contributed by atoms with Crippen molar-refractivity contribution in [1.29, 1.82) is 0 Å². The van der Waals surface area contributed by atoms with Crippen molar-refractivity contribution < 1.29 is 13.9 Å². The van der Waals surface area contributed by atoms with Gasteiger partial charge >= 0.3 is 0 Å². The molecule has 1 aliphatic carbocycles. The second kappa shape index (κ2) is 6.73. The lowest BCUT2D eigenvalue weighted by Gasteiger charge is -2.22. The zero-order valence-corrected chi connectivity index (χ0v) is 15.5. The number of fused-ring (bicyclic) bond motifs is 3. The SMILES string of the molecule is COCc1nn2c3c(cnc2c1-c1ccccc1)C(=O)C[C@@H](c1ccco1)C3. The van der Waals surface area contributed by atoms with Crippen molar-refractivity contribution in [1.82, 2.24) is 14.6 Å². The number of carbonyl (C=O) groups is 1. The highest BCUT2D eigenvalue weighted by Gasteiger charge is 2.31. The number of Topliss-reactive ketones (excluding diaryl/α,β-unsaturated/α-hetero) is 1. The van der Waals surface area contributed by atoms with Crippen LogP contribution in [0.25, 0.3) is 16.8 Å². The van der Waals surface area contributed by atoms with Crippen molar-refractivity contribution in [3.8, 4) is 11.1 Å². The van der Waals surface area contributed by atoms with Gasteiger partial charge in [-0.2, -0.15) is 5.10 Å². The van der Waals surface area contributed by atoms with Crippen LogP contribution in [0.1, 0.15) is 39.8 Å². The Morgan fingerprint density at radius 1 is 1.18 bits per heavy atom. The average Bonchev–Trinajstić information content (AvgIpc) is 3.37. The predicted molar refractivity (Wildman–Crippen MR) is 103 cm³/mol. The Labute approximate surface area is 161 Å². The third-order valence-corrected chi connectivity index (χ3v) is 5.28. The lowest BCUT2D eigenvalue weighted by atomic mass is 9.85. The molecular formula is C22H19N3O3. The first kappa shape index (κ1) is 16.9. The van der Waals surface area contributed by atoms with Crippen LogP contribution in [0.4, 0.5) is 0 Å². The topological polar surface area (TPSA) is 69.6 Å². The van der Waals surface area contributed by atoms with Crippen LogP contribution < -0.4 is 0 Å². The van der Waals surface area contributed by atoms with Gasteiger partial charge in [0.1, 0.15) is 5.76 Å². The molecule has 0 unspecified atom stereocenters. The lowest BCUT2D eigenvalue weighted by Crippen LogP contribution is -2.22. The number of methoxy groups -OCH3 is 1. The van der Waals surface area contributed by atoms with E-state index >= 15 is 0 Å². The highest BCUT2D eigenvalue weighted by atomic mass is 16.5. The number of benzene rings is 1. The number of rotatable bonds is 4. The fourth-order valence-electron chi connectivity index (χ4n) is 4.01. The summed E-state index contributed by atoms with van der Waals surface area (Å²) in [6.45, 7) is 0.373. The summed E-state index contributed by atoms with van der Waals surface area (Å²) < 4.78 is 12.8. The van der Waals surface area contributed by atoms with E-state index in [0.29, 0.717) is 25.0 Å². The van der Waals surface area contributed by atoms with Gasteiger partial charge in [0.15, 0.2) is 11.4 Å². The Morgan fingerprint density at radius 2 is 2.04 bits per heavy atom. The number of aromatic nitrogens is 3. The first-order valence-corrected chi connectivity index (χ1v) is 9.26. The minimum absolute atomic E-state index is 0.0100. The molecule has 28 heavy (non-hydrogen) atoms. The maximum Gasteiger partial charge on any atom is 0.167 e. The Bertz CT molecular complexity index is 1150. The summed E-state index contributed by atoms with van der Waals surface area (Å²) in [7, 11) is 1.65. The lowest BCUT2D eigenvalue weighted by molar-refractivity contribution is 0.0958. The smallest absolute Gasteiger partial charge is 0.167 e. The van der Waals surface area contributed by atoms with E-state index in [-0.39, 0.29) is 11.7 Å². The molecule has 0 spiro atoms.